The zero-order valence-corrected chi connectivity index (χ0v) is 14.0. The lowest BCUT2D eigenvalue weighted by Crippen LogP contribution is -2.31. The van der Waals surface area contributed by atoms with Crippen LogP contribution < -0.4 is 20.1 Å². The first-order chi connectivity index (χ1) is 11.0. The SMILES string of the molecule is COc1cc(NC(=O)NC(C)c2cccc(Cl)c2)cc(OC)c1. The number of nitrogens with one attached hydrogen (secondary N) is 2. The zero-order valence-electron chi connectivity index (χ0n) is 13.2. The lowest BCUT2D eigenvalue weighted by atomic mass is 10.1. The van der Waals surface area contributed by atoms with Gasteiger partial charge in [0, 0.05) is 28.9 Å². The van der Waals surface area contributed by atoms with Crippen LogP contribution in [-0.2, 0) is 0 Å². The summed E-state index contributed by atoms with van der Waals surface area (Å²) >= 11 is 5.97. The first kappa shape index (κ1) is 17.0. The minimum Gasteiger partial charge on any atom is -0.497 e. The summed E-state index contributed by atoms with van der Waals surface area (Å²) in [7, 11) is 3.11. The second-order valence-corrected chi connectivity index (χ2v) is 5.41. The minimum atomic E-state index is -0.326. The average molecular weight is 335 g/mol. The van der Waals surface area contributed by atoms with Crippen LogP contribution in [-0.4, -0.2) is 20.3 Å². The van der Waals surface area contributed by atoms with Crippen LogP contribution in [0.3, 0.4) is 0 Å². The number of anilines is 1. The summed E-state index contributed by atoms with van der Waals surface area (Å²) in [6, 6.07) is 12.0. The molecule has 2 aromatic rings. The van der Waals surface area contributed by atoms with E-state index in [4.69, 9.17) is 21.1 Å². The number of urea groups is 1. The molecule has 5 nitrogen and oxygen atoms in total. The highest BCUT2D eigenvalue weighted by atomic mass is 35.5. The molecule has 0 aromatic heterocycles. The topological polar surface area (TPSA) is 59.6 Å². The van der Waals surface area contributed by atoms with Crippen molar-refractivity contribution < 1.29 is 14.3 Å². The number of rotatable bonds is 5. The van der Waals surface area contributed by atoms with Gasteiger partial charge >= 0.3 is 6.03 Å². The number of benzene rings is 2. The fourth-order valence-corrected chi connectivity index (χ4v) is 2.30. The molecular formula is C17H19ClN2O3. The Hall–Kier alpha value is -2.40. The Morgan fingerprint density at radius 1 is 1.09 bits per heavy atom. The number of carbonyl (C=O) groups is 1. The van der Waals surface area contributed by atoms with Gasteiger partial charge in [-0.1, -0.05) is 23.7 Å². The van der Waals surface area contributed by atoms with Crippen molar-refractivity contribution in [3.63, 3.8) is 0 Å². The molecule has 1 atom stereocenters. The molecule has 2 rings (SSSR count). The van der Waals surface area contributed by atoms with Crippen LogP contribution in [0.15, 0.2) is 42.5 Å². The third-order valence-electron chi connectivity index (χ3n) is 3.31. The molecule has 2 N–H and O–H groups in total. The zero-order chi connectivity index (χ0) is 16.8. The third kappa shape index (κ3) is 4.79. The van der Waals surface area contributed by atoms with E-state index < -0.39 is 0 Å². The van der Waals surface area contributed by atoms with Gasteiger partial charge in [0.25, 0.3) is 0 Å². The molecule has 0 saturated carbocycles. The van der Waals surface area contributed by atoms with E-state index in [1.807, 2.05) is 25.1 Å². The van der Waals surface area contributed by atoms with Crippen LogP contribution >= 0.6 is 11.6 Å². The highest BCUT2D eigenvalue weighted by Gasteiger charge is 2.11. The summed E-state index contributed by atoms with van der Waals surface area (Å²) in [6.07, 6.45) is 0. The van der Waals surface area contributed by atoms with Gasteiger partial charge in [-0.15, -0.1) is 0 Å². The molecule has 23 heavy (non-hydrogen) atoms. The molecule has 0 aliphatic rings. The summed E-state index contributed by atoms with van der Waals surface area (Å²) in [4.78, 5) is 12.1. The Morgan fingerprint density at radius 2 is 1.74 bits per heavy atom. The maximum atomic E-state index is 12.1. The summed E-state index contributed by atoms with van der Waals surface area (Å²) in [5.74, 6) is 1.20. The van der Waals surface area contributed by atoms with Gasteiger partial charge in [-0.3, -0.25) is 0 Å². The molecule has 1 unspecified atom stereocenters. The van der Waals surface area contributed by atoms with Gasteiger partial charge in [0.05, 0.1) is 20.3 Å². The number of ether oxygens (including phenoxy) is 2. The number of halogens is 1. The van der Waals surface area contributed by atoms with Gasteiger partial charge in [-0.2, -0.15) is 0 Å². The van der Waals surface area contributed by atoms with Crippen molar-refractivity contribution in [3.05, 3.63) is 53.1 Å². The molecule has 0 fully saturated rings. The number of methoxy groups -OCH3 is 2. The Morgan fingerprint density at radius 3 is 2.30 bits per heavy atom. The normalized spacial score (nSPS) is 11.5. The minimum absolute atomic E-state index is 0.179. The van der Waals surface area contributed by atoms with Crippen molar-refractivity contribution in [1.29, 1.82) is 0 Å². The van der Waals surface area contributed by atoms with E-state index >= 15 is 0 Å². The summed E-state index contributed by atoms with van der Waals surface area (Å²) in [6.45, 7) is 1.89. The van der Waals surface area contributed by atoms with Crippen LogP contribution in [0.2, 0.25) is 5.02 Å². The highest BCUT2D eigenvalue weighted by Crippen LogP contribution is 2.26. The monoisotopic (exact) mass is 334 g/mol. The fraction of sp³-hybridized carbons (Fsp3) is 0.235. The molecule has 6 heteroatoms. The summed E-state index contributed by atoms with van der Waals surface area (Å²) in [5.41, 5.74) is 1.51. The van der Waals surface area contributed by atoms with E-state index in [2.05, 4.69) is 10.6 Å². The van der Waals surface area contributed by atoms with E-state index in [9.17, 15) is 4.79 Å². The van der Waals surface area contributed by atoms with Crippen LogP contribution in [0.4, 0.5) is 10.5 Å². The number of amides is 2. The summed E-state index contributed by atoms with van der Waals surface area (Å²) in [5, 5.41) is 6.25. The Balaban J connectivity index is 2.04. The molecular weight excluding hydrogens is 316 g/mol. The van der Waals surface area contributed by atoms with Crippen molar-refractivity contribution in [2.75, 3.05) is 19.5 Å². The van der Waals surface area contributed by atoms with Gasteiger partial charge in [-0.05, 0) is 24.6 Å². The van der Waals surface area contributed by atoms with E-state index in [0.29, 0.717) is 22.2 Å². The van der Waals surface area contributed by atoms with Gasteiger partial charge in [0.15, 0.2) is 0 Å². The molecule has 0 radical (unpaired) electrons. The quantitative estimate of drug-likeness (QED) is 0.859. The standard InChI is InChI=1S/C17H19ClN2O3/c1-11(12-5-4-6-13(18)7-12)19-17(21)20-14-8-15(22-2)10-16(9-14)23-3/h4-11H,1-3H3,(H2,19,20,21). The van der Waals surface area contributed by atoms with E-state index in [-0.39, 0.29) is 12.1 Å². The van der Waals surface area contributed by atoms with Crippen molar-refractivity contribution in [1.82, 2.24) is 5.32 Å². The van der Waals surface area contributed by atoms with E-state index in [1.54, 1.807) is 38.5 Å². The maximum Gasteiger partial charge on any atom is 0.319 e. The van der Waals surface area contributed by atoms with Crippen molar-refractivity contribution in [3.8, 4) is 11.5 Å². The lowest BCUT2D eigenvalue weighted by Gasteiger charge is -2.16. The smallest absolute Gasteiger partial charge is 0.319 e. The summed E-state index contributed by atoms with van der Waals surface area (Å²) < 4.78 is 10.4. The molecule has 0 saturated heterocycles. The lowest BCUT2D eigenvalue weighted by molar-refractivity contribution is 0.249. The molecule has 0 bridgehead atoms. The molecule has 0 aliphatic carbocycles. The van der Waals surface area contributed by atoms with Crippen molar-refractivity contribution >= 4 is 23.3 Å². The third-order valence-corrected chi connectivity index (χ3v) is 3.54. The molecule has 0 heterocycles. The average Bonchev–Trinajstić information content (AvgIpc) is 2.54. The second kappa shape index (κ2) is 7.74. The van der Waals surface area contributed by atoms with Gasteiger partial charge in [0.2, 0.25) is 0 Å². The molecule has 122 valence electrons. The first-order valence-electron chi connectivity index (χ1n) is 7.08. The van der Waals surface area contributed by atoms with Crippen LogP contribution in [0.1, 0.15) is 18.5 Å². The molecule has 2 aromatic carbocycles. The van der Waals surface area contributed by atoms with E-state index in [0.717, 1.165) is 5.56 Å². The molecule has 0 spiro atoms. The predicted octanol–water partition coefficient (Wildman–Crippen LogP) is 4.24. The van der Waals surface area contributed by atoms with E-state index in [1.165, 1.54) is 0 Å². The Kier molecular flexibility index (Phi) is 5.71. The number of hydrogen-bond donors (Lipinski definition) is 2. The number of carbonyl (C=O) groups excluding carboxylic acids is 1. The second-order valence-electron chi connectivity index (χ2n) is 4.98. The van der Waals surface area contributed by atoms with Crippen LogP contribution in [0, 0.1) is 0 Å². The van der Waals surface area contributed by atoms with Crippen LogP contribution in [0.5, 0.6) is 11.5 Å². The molecule has 0 aliphatic heterocycles. The van der Waals surface area contributed by atoms with Crippen molar-refractivity contribution in [2.45, 2.75) is 13.0 Å². The van der Waals surface area contributed by atoms with Gasteiger partial charge < -0.3 is 20.1 Å². The number of hydrogen-bond acceptors (Lipinski definition) is 3. The largest absolute Gasteiger partial charge is 0.497 e. The van der Waals surface area contributed by atoms with Gasteiger partial charge in [0.1, 0.15) is 11.5 Å². The molecule has 2 amide bonds. The Labute approximate surface area is 140 Å². The Bertz CT molecular complexity index is 669. The van der Waals surface area contributed by atoms with Crippen molar-refractivity contribution in [2.24, 2.45) is 0 Å². The predicted molar refractivity (Wildman–Crippen MR) is 91.6 cm³/mol. The van der Waals surface area contributed by atoms with Gasteiger partial charge in [-0.25, -0.2) is 4.79 Å². The first-order valence-corrected chi connectivity index (χ1v) is 7.45. The maximum absolute atomic E-state index is 12.1. The fourth-order valence-electron chi connectivity index (χ4n) is 2.10. The highest BCUT2D eigenvalue weighted by molar-refractivity contribution is 6.30. The van der Waals surface area contributed by atoms with Crippen LogP contribution in [0.25, 0.3) is 0 Å².